The Kier molecular flexibility index (Phi) is 3.97. The topological polar surface area (TPSA) is 35.3 Å². The fraction of sp³-hybridized carbons (Fsp3) is 0.133. The van der Waals surface area contributed by atoms with Crippen LogP contribution < -0.4 is 4.74 Å². The molecule has 3 heteroatoms. The number of hydroxylamine groups is 1. The SMILES string of the molecule is C[N+]([O-])=Cc1ccccc1OCc1ccccc1. The van der Waals surface area contributed by atoms with Gasteiger partial charge in [0.05, 0.1) is 5.56 Å². The van der Waals surface area contributed by atoms with Crippen LogP contribution >= 0.6 is 0 Å². The molecule has 0 aliphatic heterocycles. The lowest BCUT2D eigenvalue weighted by Gasteiger charge is -2.08. The van der Waals surface area contributed by atoms with Crippen molar-refractivity contribution in [3.63, 3.8) is 0 Å². The minimum absolute atomic E-state index is 0.494. The third-order valence-electron chi connectivity index (χ3n) is 2.48. The molecule has 2 aromatic carbocycles. The third-order valence-corrected chi connectivity index (χ3v) is 2.48. The number of benzene rings is 2. The summed E-state index contributed by atoms with van der Waals surface area (Å²) in [7, 11) is 1.45. The van der Waals surface area contributed by atoms with Crippen LogP contribution in [0.2, 0.25) is 0 Å². The molecular weight excluding hydrogens is 226 g/mol. The Morgan fingerprint density at radius 2 is 1.72 bits per heavy atom. The minimum atomic E-state index is 0.494. The highest BCUT2D eigenvalue weighted by Gasteiger charge is 2.03. The lowest BCUT2D eigenvalue weighted by molar-refractivity contribution is -0.416. The molecule has 0 fully saturated rings. The van der Waals surface area contributed by atoms with E-state index in [4.69, 9.17) is 4.74 Å². The molecule has 0 unspecified atom stereocenters. The van der Waals surface area contributed by atoms with Crippen molar-refractivity contribution in [3.8, 4) is 5.75 Å². The Bertz CT molecular complexity index is 531. The molecule has 0 N–H and O–H groups in total. The summed E-state index contributed by atoms with van der Waals surface area (Å²) in [5.74, 6) is 0.712. The van der Waals surface area contributed by atoms with Crippen LogP contribution in [0.1, 0.15) is 11.1 Å². The molecule has 0 amide bonds. The van der Waals surface area contributed by atoms with Crippen molar-refractivity contribution in [2.75, 3.05) is 7.05 Å². The van der Waals surface area contributed by atoms with Crippen molar-refractivity contribution in [1.82, 2.24) is 0 Å². The second kappa shape index (κ2) is 5.87. The van der Waals surface area contributed by atoms with Crippen LogP contribution in [-0.2, 0) is 6.61 Å². The van der Waals surface area contributed by atoms with E-state index >= 15 is 0 Å². The molecule has 92 valence electrons. The Morgan fingerprint density at radius 1 is 1.06 bits per heavy atom. The van der Waals surface area contributed by atoms with Crippen molar-refractivity contribution in [3.05, 3.63) is 70.9 Å². The predicted octanol–water partition coefficient (Wildman–Crippen LogP) is 2.82. The molecular formula is C15H15NO2. The summed E-state index contributed by atoms with van der Waals surface area (Å²) >= 11 is 0. The molecule has 0 saturated heterocycles. The van der Waals surface area contributed by atoms with Gasteiger partial charge in [-0.2, -0.15) is 0 Å². The zero-order valence-electron chi connectivity index (χ0n) is 10.2. The quantitative estimate of drug-likeness (QED) is 0.357. The van der Waals surface area contributed by atoms with Gasteiger partial charge in [-0.05, 0) is 17.7 Å². The normalized spacial score (nSPS) is 11.3. The number of para-hydroxylation sites is 1. The molecule has 0 saturated carbocycles. The van der Waals surface area contributed by atoms with E-state index in [9.17, 15) is 5.21 Å². The molecule has 2 rings (SSSR count). The summed E-state index contributed by atoms with van der Waals surface area (Å²) in [6.07, 6.45) is 1.50. The summed E-state index contributed by atoms with van der Waals surface area (Å²) in [6.45, 7) is 0.494. The van der Waals surface area contributed by atoms with E-state index in [0.717, 1.165) is 15.9 Å². The van der Waals surface area contributed by atoms with Gasteiger partial charge in [-0.3, -0.25) is 0 Å². The molecule has 0 aromatic heterocycles. The minimum Gasteiger partial charge on any atom is -0.624 e. The van der Waals surface area contributed by atoms with Gasteiger partial charge in [0.25, 0.3) is 0 Å². The van der Waals surface area contributed by atoms with Gasteiger partial charge < -0.3 is 9.94 Å². The Balaban J connectivity index is 2.12. The van der Waals surface area contributed by atoms with Crippen LogP contribution in [0, 0.1) is 5.21 Å². The van der Waals surface area contributed by atoms with E-state index in [1.807, 2.05) is 54.6 Å². The molecule has 0 radical (unpaired) electrons. The maximum atomic E-state index is 11.0. The summed E-state index contributed by atoms with van der Waals surface area (Å²) in [5.41, 5.74) is 1.88. The van der Waals surface area contributed by atoms with Crippen LogP contribution in [0.3, 0.4) is 0 Å². The van der Waals surface area contributed by atoms with Crippen LogP contribution in [0.25, 0.3) is 0 Å². The van der Waals surface area contributed by atoms with Crippen LogP contribution in [-0.4, -0.2) is 18.0 Å². The number of ether oxygens (including phenoxy) is 1. The Morgan fingerprint density at radius 3 is 2.44 bits per heavy atom. The van der Waals surface area contributed by atoms with Gasteiger partial charge >= 0.3 is 0 Å². The smallest absolute Gasteiger partial charge is 0.185 e. The first-order chi connectivity index (χ1) is 8.75. The number of rotatable bonds is 4. The highest BCUT2D eigenvalue weighted by Crippen LogP contribution is 2.17. The van der Waals surface area contributed by atoms with Crippen LogP contribution in [0.5, 0.6) is 5.75 Å². The van der Waals surface area contributed by atoms with E-state index < -0.39 is 0 Å². The zero-order chi connectivity index (χ0) is 12.8. The lowest BCUT2D eigenvalue weighted by Crippen LogP contribution is -2.02. The fourth-order valence-electron chi connectivity index (χ4n) is 1.65. The average molecular weight is 241 g/mol. The van der Waals surface area contributed by atoms with Gasteiger partial charge in [0.15, 0.2) is 6.21 Å². The average Bonchev–Trinajstić information content (AvgIpc) is 2.38. The van der Waals surface area contributed by atoms with Gasteiger partial charge in [0.1, 0.15) is 19.4 Å². The molecule has 0 atom stereocenters. The Labute approximate surface area is 107 Å². The molecule has 2 aromatic rings. The standard InChI is InChI=1S/C15H15NO2/c1-16(17)11-14-9-5-6-10-15(14)18-12-13-7-3-2-4-8-13/h2-11H,12H2,1H3. The summed E-state index contributed by atoms with van der Waals surface area (Å²) < 4.78 is 6.50. The first kappa shape index (κ1) is 12.2. The summed E-state index contributed by atoms with van der Waals surface area (Å²) in [5, 5.41) is 11.0. The molecule has 0 aliphatic carbocycles. The van der Waals surface area contributed by atoms with Gasteiger partial charge in [-0.15, -0.1) is 0 Å². The second-order valence-corrected chi connectivity index (χ2v) is 3.99. The fourth-order valence-corrected chi connectivity index (χ4v) is 1.65. The molecule has 0 aliphatic rings. The second-order valence-electron chi connectivity index (χ2n) is 3.99. The molecule has 3 nitrogen and oxygen atoms in total. The van der Waals surface area contributed by atoms with Crippen molar-refractivity contribution < 1.29 is 9.48 Å². The number of nitrogens with zero attached hydrogens (tertiary/aromatic N) is 1. The van der Waals surface area contributed by atoms with E-state index in [2.05, 4.69) is 0 Å². The monoisotopic (exact) mass is 241 g/mol. The Hall–Kier alpha value is -2.29. The van der Waals surface area contributed by atoms with Crippen molar-refractivity contribution in [1.29, 1.82) is 0 Å². The molecule has 0 spiro atoms. The number of hydrogen-bond acceptors (Lipinski definition) is 2. The highest BCUT2D eigenvalue weighted by molar-refractivity contribution is 5.79. The van der Waals surface area contributed by atoms with Gasteiger partial charge in [0, 0.05) is 0 Å². The molecule has 0 heterocycles. The largest absolute Gasteiger partial charge is 0.624 e. The van der Waals surface area contributed by atoms with Crippen LogP contribution in [0.15, 0.2) is 54.6 Å². The first-order valence-electron chi connectivity index (χ1n) is 5.76. The maximum Gasteiger partial charge on any atom is 0.185 e. The predicted molar refractivity (Wildman–Crippen MR) is 71.9 cm³/mol. The summed E-state index contributed by atoms with van der Waals surface area (Å²) in [6, 6.07) is 17.4. The summed E-state index contributed by atoms with van der Waals surface area (Å²) in [4.78, 5) is 0. The van der Waals surface area contributed by atoms with Crippen molar-refractivity contribution in [2.24, 2.45) is 0 Å². The molecule has 0 bridgehead atoms. The van der Waals surface area contributed by atoms with Gasteiger partial charge in [0.2, 0.25) is 0 Å². The lowest BCUT2D eigenvalue weighted by atomic mass is 10.2. The van der Waals surface area contributed by atoms with E-state index in [1.54, 1.807) is 0 Å². The van der Waals surface area contributed by atoms with Crippen molar-refractivity contribution in [2.45, 2.75) is 6.61 Å². The third kappa shape index (κ3) is 3.35. The first-order valence-corrected chi connectivity index (χ1v) is 5.76. The van der Waals surface area contributed by atoms with E-state index in [-0.39, 0.29) is 0 Å². The highest BCUT2D eigenvalue weighted by atomic mass is 16.5. The molecule has 18 heavy (non-hydrogen) atoms. The van der Waals surface area contributed by atoms with Crippen LogP contribution in [0.4, 0.5) is 0 Å². The zero-order valence-corrected chi connectivity index (χ0v) is 10.2. The van der Waals surface area contributed by atoms with Gasteiger partial charge in [-0.25, -0.2) is 4.74 Å². The van der Waals surface area contributed by atoms with E-state index in [1.165, 1.54) is 13.3 Å². The van der Waals surface area contributed by atoms with E-state index in [0.29, 0.717) is 12.4 Å². The van der Waals surface area contributed by atoms with Gasteiger partial charge in [-0.1, -0.05) is 42.5 Å². The maximum absolute atomic E-state index is 11.0. The number of hydrogen-bond donors (Lipinski definition) is 0. The van der Waals surface area contributed by atoms with Crippen molar-refractivity contribution >= 4 is 6.21 Å².